The van der Waals surface area contributed by atoms with E-state index in [9.17, 15) is 0 Å². The summed E-state index contributed by atoms with van der Waals surface area (Å²) in [5.74, 6) is 0. The van der Waals surface area contributed by atoms with Gasteiger partial charge >= 0.3 is 0 Å². The van der Waals surface area contributed by atoms with Crippen molar-refractivity contribution < 1.29 is 0 Å². The van der Waals surface area contributed by atoms with E-state index in [1.165, 1.54) is 18.2 Å². The molecular weight excluding hydrogens is 146 g/mol. The molecule has 0 aliphatic carbocycles. The monoisotopic (exact) mass is 167 g/mol. The van der Waals surface area contributed by atoms with Crippen LogP contribution in [0.25, 0.3) is 0 Å². The van der Waals surface area contributed by atoms with Crippen molar-refractivity contribution in [2.75, 3.05) is 7.05 Å². The van der Waals surface area contributed by atoms with Gasteiger partial charge in [-0.3, -0.25) is 0 Å². The van der Waals surface area contributed by atoms with Gasteiger partial charge in [0.15, 0.2) is 0 Å². The minimum Gasteiger partial charge on any atom is -0.333 e. The molecule has 0 aromatic heterocycles. The third-order valence-corrected chi connectivity index (χ3v) is 1.22. The Bertz CT molecular complexity index is 144. The number of benzene rings is 1. The summed E-state index contributed by atoms with van der Waals surface area (Å²) in [6, 6.07) is 8.48. The summed E-state index contributed by atoms with van der Waals surface area (Å²) in [5.41, 5.74) is 7.16. The highest BCUT2D eigenvalue weighted by Gasteiger charge is 1.79. The maximum Gasteiger partial charge on any atom is -0.0195 e. The first-order chi connectivity index (χ1) is 5.79. The highest BCUT2D eigenvalue weighted by atomic mass is 14.4. The molecule has 1 aromatic rings. The van der Waals surface area contributed by atoms with Crippen molar-refractivity contribution in [1.82, 2.24) is 0 Å². The highest BCUT2D eigenvalue weighted by molar-refractivity contribution is 5.19. The van der Waals surface area contributed by atoms with Crippen LogP contribution >= 0.6 is 0 Å². The summed E-state index contributed by atoms with van der Waals surface area (Å²) >= 11 is 0. The third kappa shape index (κ3) is 7.29. The highest BCUT2D eigenvalue weighted by Crippen LogP contribution is 1.99. The molecule has 12 heavy (non-hydrogen) atoms. The average molecular weight is 167 g/mol. The van der Waals surface area contributed by atoms with Crippen LogP contribution in [0.3, 0.4) is 0 Å². The fourth-order valence-electron chi connectivity index (χ4n) is 0.637. The predicted molar refractivity (Wildman–Crippen MR) is 57.4 cm³/mol. The molecule has 0 fully saturated rings. The van der Waals surface area contributed by atoms with Crippen molar-refractivity contribution in [3.05, 3.63) is 35.4 Å². The molecule has 0 unspecified atom stereocenters. The predicted octanol–water partition coefficient (Wildman–Crippen LogP) is 2.90. The lowest BCUT2D eigenvalue weighted by atomic mass is 10.2. The summed E-state index contributed by atoms with van der Waals surface area (Å²) in [7, 11) is 1.50. The zero-order valence-corrected chi connectivity index (χ0v) is 8.89. The molecule has 1 heteroatoms. The van der Waals surface area contributed by atoms with Gasteiger partial charge in [-0.25, -0.2) is 0 Å². The summed E-state index contributed by atoms with van der Waals surface area (Å²) in [6.45, 7) is 8.19. The Morgan fingerprint density at radius 2 is 0.917 bits per heavy atom. The van der Waals surface area contributed by atoms with E-state index < -0.39 is 0 Å². The van der Waals surface area contributed by atoms with Gasteiger partial charge in [-0.1, -0.05) is 49.2 Å². The van der Waals surface area contributed by atoms with Crippen LogP contribution in [-0.4, -0.2) is 7.05 Å². The fourth-order valence-corrected chi connectivity index (χ4v) is 0.637. The molecule has 0 radical (unpaired) electrons. The molecule has 0 atom stereocenters. The molecule has 0 heterocycles. The Hall–Kier alpha value is -0.820. The largest absolute Gasteiger partial charge is 0.333 e. The van der Waals surface area contributed by atoms with Crippen LogP contribution in [-0.2, 0) is 0 Å². The molecule has 0 aliphatic rings. The van der Waals surface area contributed by atoms with Crippen molar-refractivity contribution in [3.8, 4) is 0 Å². The summed E-state index contributed by atoms with van der Waals surface area (Å²) in [5, 5.41) is 0. The van der Waals surface area contributed by atoms with E-state index in [0.29, 0.717) is 0 Å². The first-order valence-corrected chi connectivity index (χ1v) is 4.40. The molecule has 2 N–H and O–H groups in total. The average Bonchev–Trinajstić information content (AvgIpc) is 2.17. The SMILES string of the molecule is CC.CN.Cc1ccc(C)cc1. The van der Waals surface area contributed by atoms with E-state index >= 15 is 0 Å². The number of aryl methyl sites for hydroxylation is 2. The van der Waals surface area contributed by atoms with Crippen molar-refractivity contribution >= 4 is 0 Å². The van der Waals surface area contributed by atoms with E-state index in [4.69, 9.17) is 0 Å². The maximum atomic E-state index is 4.50. The van der Waals surface area contributed by atoms with Gasteiger partial charge in [0, 0.05) is 0 Å². The Morgan fingerprint density at radius 3 is 1.08 bits per heavy atom. The lowest BCUT2D eigenvalue weighted by molar-refractivity contribution is 1.40. The molecule has 0 aliphatic heterocycles. The van der Waals surface area contributed by atoms with E-state index in [1.807, 2.05) is 13.8 Å². The van der Waals surface area contributed by atoms with Gasteiger partial charge in [-0.05, 0) is 20.9 Å². The molecule has 0 spiro atoms. The smallest absolute Gasteiger partial charge is 0.0195 e. The molecule has 1 nitrogen and oxygen atoms in total. The lowest BCUT2D eigenvalue weighted by Crippen LogP contribution is -1.70. The molecule has 0 saturated carbocycles. The molecule has 0 bridgehead atoms. The topological polar surface area (TPSA) is 26.0 Å². The second-order valence-electron chi connectivity index (χ2n) is 2.15. The van der Waals surface area contributed by atoms with E-state index in [1.54, 1.807) is 0 Å². The van der Waals surface area contributed by atoms with Gasteiger partial charge in [-0.15, -0.1) is 0 Å². The van der Waals surface area contributed by atoms with Crippen LogP contribution in [0.2, 0.25) is 0 Å². The van der Waals surface area contributed by atoms with Crippen LogP contribution in [0.15, 0.2) is 24.3 Å². The summed E-state index contributed by atoms with van der Waals surface area (Å²) in [4.78, 5) is 0. The number of hydrogen-bond acceptors (Lipinski definition) is 1. The molecule has 0 saturated heterocycles. The van der Waals surface area contributed by atoms with E-state index in [0.717, 1.165) is 0 Å². The molecule has 1 rings (SSSR count). The van der Waals surface area contributed by atoms with E-state index in [-0.39, 0.29) is 0 Å². The second kappa shape index (κ2) is 10.2. The minimum absolute atomic E-state index is 1.33. The Labute approximate surface area is 76.6 Å². The third-order valence-electron chi connectivity index (χ3n) is 1.22. The fraction of sp³-hybridized carbons (Fsp3) is 0.455. The number of hydrogen-bond donors (Lipinski definition) is 1. The zero-order valence-electron chi connectivity index (χ0n) is 8.89. The molecule has 0 amide bonds. The van der Waals surface area contributed by atoms with Gasteiger partial charge in [0.2, 0.25) is 0 Å². The Morgan fingerprint density at radius 1 is 0.750 bits per heavy atom. The molecule has 70 valence electrons. The quantitative estimate of drug-likeness (QED) is 0.631. The van der Waals surface area contributed by atoms with Crippen LogP contribution < -0.4 is 5.73 Å². The number of nitrogens with two attached hydrogens (primary N) is 1. The Balaban J connectivity index is 0. The second-order valence-corrected chi connectivity index (χ2v) is 2.15. The van der Waals surface area contributed by atoms with Crippen molar-refractivity contribution in [2.24, 2.45) is 5.73 Å². The normalized spacial score (nSPS) is 7.17. The van der Waals surface area contributed by atoms with Gasteiger partial charge < -0.3 is 5.73 Å². The summed E-state index contributed by atoms with van der Waals surface area (Å²) in [6.07, 6.45) is 0. The number of rotatable bonds is 0. The van der Waals surface area contributed by atoms with Gasteiger partial charge in [0.05, 0.1) is 0 Å². The van der Waals surface area contributed by atoms with Gasteiger partial charge in [0.25, 0.3) is 0 Å². The van der Waals surface area contributed by atoms with Crippen LogP contribution in [0, 0.1) is 13.8 Å². The zero-order chi connectivity index (χ0) is 9.98. The standard InChI is InChI=1S/C8H10.C2H6.CH5N/c1-7-3-5-8(2)6-4-7;2*1-2/h3-6H,1-2H3;1-2H3;2H2,1H3. The first-order valence-electron chi connectivity index (χ1n) is 4.40. The summed E-state index contributed by atoms with van der Waals surface area (Å²) < 4.78 is 0. The lowest BCUT2D eigenvalue weighted by Gasteiger charge is -1.90. The molecular formula is C11H21N. The van der Waals surface area contributed by atoms with E-state index in [2.05, 4.69) is 43.8 Å². The van der Waals surface area contributed by atoms with Crippen LogP contribution in [0.5, 0.6) is 0 Å². The Kier molecular flexibility index (Phi) is 11.7. The first kappa shape index (κ1) is 13.7. The minimum atomic E-state index is 1.33. The van der Waals surface area contributed by atoms with Crippen molar-refractivity contribution in [2.45, 2.75) is 27.7 Å². The van der Waals surface area contributed by atoms with Crippen molar-refractivity contribution in [3.63, 3.8) is 0 Å². The van der Waals surface area contributed by atoms with Crippen LogP contribution in [0.4, 0.5) is 0 Å². The van der Waals surface area contributed by atoms with Crippen LogP contribution in [0.1, 0.15) is 25.0 Å². The van der Waals surface area contributed by atoms with Crippen molar-refractivity contribution in [1.29, 1.82) is 0 Å². The van der Waals surface area contributed by atoms with Gasteiger partial charge in [-0.2, -0.15) is 0 Å². The molecule has 1 aromatic carbocycles. The van der Waals surface area contributed by atoms with Gasteiger partial charge in [0.1, 0.15) is 0 Å². The maximum absolute atomic E-state index is 4.50.